The second kappa shape index (κ2) is 10.1. The van der Waals surface area contributed by atoms with Crippen LogP contribution in [0.5, 0.6) is 0 Å². The van der Waals surface area contributed by atoms with Crippen molar-refractivity contribution in [2.24, 2.45) is 5.73 Å². The van der Waals surface area contributed by atoms with Gasteiger partial charge in [-0.2, -0.15) is 0 Å². The number of aliphatic hydroxyl groups excluding tert-OH is 1. The minimum atomic E-state index is -0.338. The van der Waals surface area contributed by atoms with Crippen LogP contribution >= 0.6 is 0 Å². The van der Waals surface area contributed by atoms with Crippen molar-refractivity contribution in [2.45, 2.75) is 19.9 Å². The van der Waals surface area contributed by atoms with Crippen LogP contribution in [-0.4, -0.2) is 17.8 Å². The van der Waals surface area contributed by atoms with Gasteiger partial charge in [0, 0.05) is 0 Å². The molecule has 0 aliphatic carbocycles. The second-order valence-electron chi connectivity index (χ2n) is 1.90. The third kappa shape index (κ3) is 5.89. The molecule has 0 fully saturated rings. The number of hydrogen-bond donors (Lipinski definition) is 2. The molecule has 1 atom stereocenters. The molecule has 0 amide bonds. The predicted octanol–water partition coefficient (Wildman–Crippen LogP) is 1.63. The van der Waals surface area contributed by atoms with Crippen molar-refractivity contribution in [2.75, 3.05) is 6.61 Å². The van der Waals surface area contributed by atoms with Crippen molar-refractivity contribution >= 4 is 0 Å². The maximum Gasteiger partial charge on any atom is 0.0624 e. The molecular weight excluding hydrogens is 150 g/mol. The van der Waals surface area contributed by atoms with E-state index in [9.17, 15) is 0 Å². The van der Waals surface area contributed by atoms with Gasteiger partial charge in [0.1, 0.15) is 0 Å². The molecule has 0 aliphatic rings. The largest absolute Gasteiger partial charge is 0.394 e. The summed E-state index contributed by atoms with van der Waals surface area (Å²) in [4.78, 5) is 0. The van der Waals surface area contributed by atoms with Crippen molar-refractivity contribution in [3.8, 4) is 0 Å². The summed E-state index contributed by atoms with van der Waals surface area (Å²) >= 11 is 0. The number of allylic oxidation sites excluding steroid dienone is 2. The molecule has 0 rings (SSSR count). The molecule has 2 heteroatoms. The molecule has 0 aromatic heterocycles. The maximum absolute atomic E-state index is 8.62. The third-order valence-electron chi connectivity index (χ3n) is 1.17. The van der Waals surface area contributed by atoms with Crippen molar-refractivity contribution in [3.05, 3.63) is 37.0 Å². The second-order valence-corrected chi connectivity index (χ2v) is 1.90. The van der Waals surface area contributed by atoms with Gasteiger partial charge in [-0.1, -0.05) is 45.2 Å². The van der Waals surface area contributed by atoms with Crippen LogP contribution in [0.3, 0.4) is 0 Å². The molecule has 0 saturated carbocycles. The van der Waals surface area contributed by atoms with Crippen molar-refractivity contribution in [1.82, 2.24) is 0 Å². The Balaban J connectivity index is 0. The zero-order valence-corrected chi connectivity index (χ0v) is 7.96. The number of rotatable bonds is 4. The normalized spacial score (nSPS) is 12.5. The summed E-state index contributed by atoms with van der Waals surface area (Å²) in [5.74, 6) is 0. The summed E-state index contributed by atoms with van der Waals surface area (Å²) in [6.07, 6.45) is 4.96. The summed E-state index contributed by atoms with van der Waals surface area (Å²) in [7, 11) is 0. The fraction of sp³-hybridized carbons (Fsp3) is 0.400. The van der Waals surface area contributed by atoms with Crippen molar-refractivity contribution in [3.63, 3.8) is 0 Å². The highest BCUT2D eigenvalue weighted by Crippen LogP contribution is 1.99. The number of hydrogen-bond acceptors (Lipinski definition) is 2. The first-order valence-corrected chi connectivity index (χ1v) is 4.07. The Morgan fingerprint density at radius 3 is 2.25 bits per heavy atom. The van der Waals surface area contributed by atoms with Crippen molar-refractivity contribution < 1.29 is 5.11 Å². The van der Waals surface area contributed by atoms with E-state index in [2.05, 4.69) is 13.2 Å². The molecule has 2 nitrogen and oxygen atoms in total. The quantitative estimate of drug-likeness (QED) is 0.628. The Labute approximate surface area is 75.1 Å². The minimum Gasteiger partial charge on any atom is -0.394 e. The molecule has 3 N–H and O–H groups in total. The van der Waals surface area contributed by atoms with Crippen LogP contribution in [-0.2, 0) is 0 Å². The number of aliphatic hydroxyl groups is 1. The van der Waals surface area contributed by atoms with Crippen LogP contribution in [0.25, 0.3) is 0 Å². The average Bonchev–Trinajstić information content (AvgIpc) is 2.16. The summed E-state index contributed by atoms with van der Waals surface area (Å²) in [5, 5.41) is 8.62. The van der Waals surface area contributed by atoms with Gasteiger partial charge in [-0.05, 0) is 5.57 Å². The fourth-order valence-corrected chi connectivity index (χ4v) is 0.585. The lowest BCUT2D eigenvalue weighted by molar-refractivity contribution is 0.281. The standard InChI is InChI=1S/C8H13NO.C2H6/c1-3-5-7(4-2)8(9)6-10;1-2/h3-5,8,10H,1-2,6,9H2;1-2H3/b7-5+;/t8-;/m1./s1. The predicted molar refractivity (Wildman–Crippen MR) is 54.9 cm³/mol. The molecule has 12 heavy (non-hydrogen) atoms. The molecule has 0 unspecified atom stereocenters. The smallest absolute Gasteiger partial charge is 0.0624 e. The van der Waals surface area contributed by atoms with E-state index in [4.69, 9.17) is 10.8 Å². The van der Waals surface area contributed by atoms with Gasteiger partial charge in [0.2, 0.25) is 0 Å². The minimum absolute atomic E-state index is 0.0638. The van der Waals surface area contributed by atoms with E-state index < -0.39 is 0 Å². The lowest BCUT2D eigenvalue weighted by Crippen LogP contribution is -2.25. The zero-order valence-electron chi connectivity index (χ0n) is 7.96. The molecule has 0 bridgehead atoms. The Morgan fingerprint density at radius 1 is 1.50 bits per heavy atom. The van der Waals surface area contributed by atoms with Crippen LogP contribution in [0, 0.1) is 0 Å². The van der Waals surface area contributed by atoms with Gasteiger partial charge >= 0.3 is 0 Å². The molecule has 0 heterocycles. The van der Waals surface area contributed by atoms with E-state index in [-0.39, 0.29) is 12.6 Å². The van der Waals surface area contributed by atoms with Gasteiger partial charge in [-0.15, -0.1) is 0 Å². The molecule has 0 saturated heterocycles. The monoisotopic (exact) mass is 169 g/mol. The fourth-order valence-electron chi connectivity index (χ4n) is 0.585. The van der Waals surface area contributed by atoms with Crippen LogP contribution < -0.4 is 5.73 Å². The van der Waals surface area contributed by atoms with Gasteiger partial charge in [0.05, 0.1) is 12.6 Å². The Bertz CT molecular complexity index is 150. The van der Waals surface area contributed by atoms with Gasteiger partial charge in [0.15, 0.2) is 0 Å². The molecule has 70 valence electrons. The summed E-state index contributed by atoms with van der Waals surface area (Å²) < 4.78 is 0. The molecule has 0 aromatic carbocycles. The molecular formula is C10H19NO. The van der Waals surface area contributed by atoms with Gasteiger partial charge < -0.3 is 10.8 Å². The Hall–Kier alpha value is -0.860. The van der Waals surface area contributed by atoms with Gasteiger partial charge in [-0.25, -0.2) is 0 Å². The van der Waals surface area contributed by atoms with E-state index >= 15 is 0 Å². The van der Waals surface area contributed by atoms with E-state index in [0.717, 1.165) is 5.57 Å². The summed E-state index contributed by atoms with van der Waals surface area (Å²) in [6, 6.07) is -0.338. The van der Waals surface area contributed by atoms with E-state index in [1.165, 1.54) is 0 Å². The van der Waals surface area contributed by atoms with E-state index in [1.54, 1.807) is 18.2 Å². The SMILES string of the molecule is C=C/C=C(\C=C)[C@H](N)CO.CC. The highest BCUT2D eigenvalue weighted by molar-refractivity contribution is 5.26. The first kappa shape index (κ1) is 13.7. The first-order valence-electron chi connectivity index (χ1n) is 4.07. The molecule has 0 aromatic rings. The topological polar surface area (TPSA) is 46.2 Å². The third-order valence-corrected chi connectivity index (χ3v) is 1.17. The van der Waals surface area contributed by atoms with E-state index in [1.807, 2.05) is 13.8 Å². The van der Waals surface area contributed by atoms with Gasteiger partial charge in [-0.3, -0.25) is 0 Å². The Morgan fingerprint density at radius 2 is 2.00 bits per heavy atom. The molecule has 0 spiro atoms. The Kier molecular flexibility index (Phi) is 11.6. The van der Waals surface area contributed by atoms with Gasteiger partial charge in [0.25, 0.3) is 0 Å². The lowest BCUT2D eigenvalue weighted by atomic mass is 10.1. The number of nitrogens with two attached hydrogens (primary N) is 1. The first-order chi connectivity index (χ1) is 5.76. The van der Waals surface area contributed by atoms with Crippen LogP contribution in [0.2, 0.25) is 0 Å². The average molecular weight is 169 g/mol. The lowest BCUT2D eigenvalue weighted by Gasteiger charge is -2.07. The maximum atomic E-state index is 8.62. The van der Waals surface area contributed by atoms with Crippen LogP contribution in [0.1, 0.15) is 13.8 Å². The van der Waals surface area contributed by atoms with E-state index in [0.29, 0.717) is 0 Å². The zero-order chi connectivity index (χ0) is 9.98. The highest BCUT2D eigenvalue weighted by Gasteiger charge is 2.01. The highest BCUT2D eigenvalue weighted by atomic mass is 16.3. The van der Waals surface area contributed by atoms with Crippen LogP contribution in [0.15, 0.2) is 37.0 Å². The molecule has 0 radical (unpaired) electrons. The molecule has 0 aliphatic heterocycles. The summed E-state index contributed by atoms with van der Waals surface area (Å²) in [5.41, 5.74) is 6.28. The van der Waals surface area contributed by atoms with Crippen LogP contribution in [0.4, 0.5) is 0 Å². The summed E-state index contributed by atoms with van der Waals surface area (Å²) in [6.45, 7) is 11.0. The van der Waals surface area contributed by atoms with Crippen molar-refractivity contribution in [1.29, 1.82) is 0 Å².